The quantitative estimate of drug-likeness (QED) is 0.132. The molecule has 0 unspecified atom stereocenters. The zero-order valence-corrected chi connectivity index (χ0v) is 38.0. The minimum Gasteiger partial charge on any atom is -0.342 e. The Hall–Kier alpha value is -6.90. The largest absolute Gasteiger partial charge is 0.342 e. The zero-order valence-electron chi connectivity index (χ0n) is 38.0. The first-order valence-electron chi connectivity index (χ1n) is 20.4. The topological polar surface area (TPSA) is 159 Å². The van der Waals surface area contributed by atoms with Crippen LogP contribution in [0.15, 0.2) is 132 Å². The summed E-state index contributed by atoms with van der Waals surface area (Å²) in [6.45, 7) is 32.3. The molecule has 8 amide bonds. The van der Waals surface area contributed by atoms with Gasteiger partial charge in [0.15, 0.2) is 0 Å². The maximum atomic E-state index is 11.5. The lowest BCUT2D eigenvalue weighted by Crippen LogP contribution is -2.49. The Bertz CT molecular complexity index is 1630. The Labute approximate surface area is 375 Å². The first-order chi connectivity index (χ1) is 29.9. The third-order valence-corrected chi connectivity index (χ3v) is 9.31. The second kappa shape index (κ2) is 34.8. The van der Waals surface area contributed by atoms with Gasteiger partial charge in [0.1, 0.15) is 0 Å². The van der Waals surface area contributed by atoms with Crippen LogP contribution in [0.2, 0.25) is 0 Å². The van der Waals surface area contributed by atoms with Crippen LogP contribution < -0.4 is 0 Å². The van der Waals surface area contributed by atoms with Crippen LogP contribution in [-0.4, -0.2) is 169 Å². The van der Waals surface area contributed by atoms with E-state index in [0.29, 0.717) is 52.2 Å². The predicted octanol–water partition coefficient (Wildman–Crippen LogP) is 4.10. The molecule has 15 heteroatoms. The van der Waals surface area contributed by atoms with Gasteiger partial charge < -0.3 is 29.4 Å². The molecule has 0 aliphatic carbocycles. The van der Waals surface area contributed by atoms with E-state index >= 15 is 0 Å². The fourth-order valence-electron chi connectivity index (χ4n) is 5.26. The highest BCUT2D eigenvalue weighted by Crippen LogP contribution is 2.05. The number of carbonyl (C=O) groups is 8. The summed E-state index contributed by atoms with van der Waals surface area (Å²) in [4.78, 5) is 101. The van der Waals surface area contributed by atoms with Crippen LogP contribution in [0.3, 0.4) is 0 Å². The van der Waals surface area contributed by atoms with Crippen molar-refractivity contribution in [1.82, 2.24) is 34.3 Å². The van der Waals surface area contributed by atoms with E-state index in [0.717, 1.165) is 61.4 Å². The number of hydrogen-bond donors (Lipinski definition) is 0. The molecule has 1 aromatic carbocycles. The average molecular weight is 872 g/mol. The summed E-state index contributed by atoms with van der Waals surface area (Å²) >= 11 is 0. The van der Waals surface area contributed by atoms with E-state index in [1.165, 1.54) is 46.3 Å². The van der Waals surface area contributed by atoms with Gasteiger partial charge in [0.05, 0.1) is 0 Å². The monoisotopic (exact) mass is 872 g/mol. The van der Waals surface area contributed by atoms with Crippen molar-refractivity contribution in [2.24, 2.45) is 0 Å². The lowest BCUT2D eigenvalue weighted by molar-refractivity contribution is -0.139. The third kappa shape index (κ3) is 25.5. The van der Waals surface area contributed by atoms with Crippen LogP contribution in [0, 0.1) is 0 Å². The molecule has 0 N–H and O–H groups in total. The van der Waals surface area contributed by atoms with Crippen molar-refractivity contribution in [3.8, 4) is 0 Å². The molecule has 344 valence electrons. The van der Waals surface area contributed by atoms with Crippen molar-refractivity contribution in [2.75, 3.05) is 87.1 Å². The second-order valence-electron chi connectivity index (χ2n) is 13.8. The highest BCUT2D eigenvalue weighted by Gasteiger charge is 2.21. The van der Waals surface area contributed by atoms with Gasteiger partial charge in [-0.2, -0.15) is 0 Å². The van der Waals surface area contributed by atoms with Gasteiger partial charge >= 0.3 is 0 Å². The first kappa shape index (κ1) is 58.2. The number of likely N-dealkylation sites (N-methyl/N-ethyl adjacent to an activating group) is 4. The third-order valence-electron chi connectivity index (χ3n) is 9.31. The number of piperazine rings is 1. The van der Waals surface area contributed by atoms with Crippen molar-refractivity contribution in [1.29, 1.82) is 0 Å². The SMILES string of the molecule is C=CC(=O)N(C)CCCCCCN(C)C(=O)C=C.C=CC(=O)N(C)CCN(C)C(=O)C=C.C=CC(=O)N(CCc1ccccc1)C(=O)C=C.C=CC(=O)N1CCN(C(=O)C=C)CC1. The van der Waals surface area contributed by atoms with E-state index < -0.39 is 11.8 Å². The van der Waals surface area contributed by atoms with E-state index in [4.69, 9.17) is 0 Å². The summed E-state index contributed by atoms with van der Waals surface area (Å²) < 4.78 is 0. The van der Waals surface area contributed by atoms with Gasteiger partial charge in [0, 0.05) is 87.1 Å². The van der Waals surface area contributed by atoms with Crippen molar-refractivity contribution in [3.63, 3.8) is 0 Å². The number of benzene rings is 1. The molecule has 0 bridgehead atoms. The number of hydrogen-bond acceptors (Lipinski definition) is 8. The molecular formula is C48H69N7O8. The molecule has 1 heterocycles. The second-order valence-corrected chi connectivity index (χ2v) is 13.8. The minimum absolute atomic E-state index is 0.0358. The molecular weight excluding hydrogens is 803 g/mol. The van der Waals surface area contributed by atoms with E-state index in [2.05, 4.69) is 52.6 Å². The van der Waals surface area contributed by atoms with Crippen LogP contribution in [0.5, 0.6) is 0 Å². The van der Waals surface area contributed by atoms with Gasteiger partial charge in [-0.1, -0.05) is 95.8 Å². The molecule has 1 aliphatic rings. The van der Waals surface area contributed by atoms with Gasteiger partial charge in [-0.05, 0) is 73.4 Å². The fraction of sp³-hybridized carbons (Fsp3) is 0.375. The zero-order chi connectivity index (χ0) is 48.3. The molecule has 0 atom stereocenters. The number of nitrogens with zero attached hydrogens (tertiary/aromatic N) is 7. The van der Waals surface area contributed by atoms with Crippen LogP contribution in [-0.2, 0) is 44.8 Å². The Morgan fingerprint density at radius 3 is 1.02 bits per heavy atom. The Morgan fingerprint density at radius 1 is 0.429 bits per heavy atom. The molecule has 0 radical (unpaired) electrons. The number of amides is 8. The molecule has 0 aromatic heterocycles. The number of unbranched alkanes of at least 4 members (excludes halogenated alkanes) is 3. The summed E-state index contributed by atoms with van der Waals surface area (Å²) in [7, 11) is 6.88. The van der Waals surface area contributed by atoms with Crippen LogP contribution in [0.1, 0.15) is 31.2 Å². The predicted molar refractivity (Wildman–Crippen MR) is 251 cm³/mol. The van der Waals surface area contributed by atoms with E-state index in [1.807, 2.05) is 30.3 Å². The van der Waals surface area contributed by atoms with Gasteiger partial charge in [-0.15, -0.1) is 0 Å². The Balaban J connectivity index is 0. The fourth-order valence-corrected chi connectivity index (χ4v) is 5.26. The van der Waals surface area contributed by atoms with Crippen LogP contribution >= 0.6 is 0 Å². The summed E-state index contributed by atoms with van der Waals surface area (Å²) in [6, 6.07) is 9.67. The van der Waals surface area contributed by atoms with Gasteiger partial charge in [0.2, 0.25) is 35.4 Å². The maximum absolute atomic E-state index is 11.5. The molecule has 1 aliphatic heterocycles. The van der Waals surface area contributed by atoms with Gasteiger partial charge in [-0.25, -0.2) is 0 Å². The number of imide groups is 1. The van der Waals surface area contributed by atoms with Crippen LogP contribution in [0.25, 0.3) is 0 Å². The standard InChI is InChI=1S/C14H24N2O2.C14H15NO2.C10H14N2O2.C10H16N2O2/c1-5-13(17)15(3)11-9-7-8-10-12-16(4)14(18)6-2;1-3-13(16)15(14(17)4-2)11-10-12-8-6-5-7-9-12;1-3-9(13)11-5-7-12(8-6-11)10(14)4-2;1-5-9(13)11(3)7-8-12(4)10(14)6-2/h5-6H,1-2,7-12H2,3-4H3;3-9H,1-2,10-11H2;3-4H,1-2,5-8H2;5-6H,1-2,7-8H2,3-4H3. The van der Waals surface area contributed by atoms with Crippen molar-refractivity contribution in [2.45, 2.75) is 32.1 Å². The number of rotatable bonds is 21. The molecule has 0 spiro atoms. The van der Waals surface area contributed by atoms with Crippen molar-refractivity contribution in [3.05, 3.63) is 137 Å². The summed E-state index contributed by atoms with van der Waals surface area (Å²) in [6.07, 6.45) is 14.7. The molecule has 1 fully saturated rings. The molecule has 1 saturated heterocycles. The lowest BCUT2D eigenvalue weighted by atomic mass is 10.1. The molecule has 1 aromatic rings. The molecule has 15 nitrogen and oxygen atoms in total. The lowest BCUT2D eigenvalue weighted by Gasteiger charge is -2.33. The minimum atomic E-state index is -0.397. The van der Waals surface area contributed by atoms with Crippen molar-refractivity contribution < 1.29 is 38.4 Å². The maximum Gasteiger partial charge on any atom is 0.252 e. The summed E-state index contributed by atoms with van der Waals surface area (Å²) in [5, 5.41) is 0. The molecule has 63 heavy (non-hydrogen) atoms. The normalized spacial score (nSPS) is 10.9. The number of carbonyl (C=O) groups excluding carboxylic acids is 8. The van der Waals surface area contributed by atoms with Crippen molar-refractivity contribution >= 4 is 47.3 Å². The highest BCUT2D eigenvalue weighted by molar-refractivity contribution is 6.04. The van der Waals surface area contributed by atoms with E-state index in [9.17, 15) is 38.4 Å². The van der Waals surface area contributed by atoms with Gasteiger partial charge in [-0.3, -0.25) is 43.3 Å². The molecule has 2 rings (SSSR count). The van der Waals surface area contributed by atoms with E-state index in [-0.39, 0.29) is 35.4 Å². The summed E-state index contributed by atoms with van der Waals surface area (Å²) in [5.74, 6) is -1.31. The summed E-state index contributed by atoms with van der Waals surface area (Å²) in [5.41, 5.74) is 1.08. The smallest absolute Gasteiger partial charge is 0.252 e. The average Bonchev–Trinajstić information content (AvgIpc) is 3.32. The Kier molecular flexibility index (Phi) is 32.1. The Morgan fingerprint density at radius 2 is 0.730 bits per heavy atom. The van der Waals surface area contributed by atoms with Gasteiger partial charge in [0.25, 0.3) is 11.8 Å². The first-order valence-corrected chi connectivity index (χ1v) is 20.4. The van der Waals surface area contributed by atoms with E-state index in [1.54, 1.807) is 47.8 Å². The molecule has 0 saturated carbocycles. The van der Waals surface area contributed by atoms with Crippen LogP contribution in [0.4, 0.5) is 0 Å². The highest BCUT2D eigenvalue weighted by atomic mass is 16.2.